The molecule has 0 bridgehead atoms. The van der Waals surface area contributed by atoms with Crippen molar-refractivity contribution in [1.82, 2.24) is 9.47 Å². The number of piperidine rings is 1. The van der Waals surface area contributed by atoms with Crippen LogP contribution >= 0.6 is 0 Å². The zero-order valence-electron chi connectivity index (χ0n) is 12.5. The second-order valence-corrected chi connectivity index (χ2v) is 5.64. The van der Waals surface area contributed by atoms with E-state index in [-0.39, 0.29) is 25.0 Å². The molecule has 2 heterocycles. The van der Waals surface area contributed by atoms with Crippen molar-refractivity contribution in [2.75, 3.05) is 13.2 Å². The van der Waals surface area contributed by atoms with Gasteiger partial charge in [-0.15, -0.1) is 0 Å². The molecular formula is C15H24N2O4. The fraction of sp³-hybridized carbons (Fsp3) is 0.667. The van der Waals surface area contributed by atoms with Gasteiger partial charge >= 0.3 is 0 Å². The Labute approximate surface area is 124 Å². The van der Waals surface area contributed by atoms with E-state index in [4.69, 9.17) is 0 Å². The minimum absolute atomic E-state index is 0.142. The third-order valence-electron chi connectivity index (χ3n) is 4.37. The number of nitrogens with zero attached hydrogens (tertiary/aromatic N) is 2. The molecule has 0 saturated carbocycles. The first-order chi connectivity index (χ1) is 10.1. The minimum atomic E-state index is -0.456. The predicted octanol–water partition coefficient (Wildman–Crippen LogP) is 0.320. The summed E-state index contributed by atoms with van der Waals surface area (Å²) in [6, 6.07) is 1.54. The number of likely N-dealkylation sites (tertiary alicyclic amines) is 1. The maximum absolute atomic E-state index is 11.8. The number of aliphatic hydroxyl groups is 2. The molecule has 3 N–H and O–H groups in total. The van der Waals surface area contributed by atoms with Gasteiger partial charge < -0.3 is 19.9 Å². The first-order valence-corrected chi connectivity index (χ1v) is 7.45. The van der Waals surface area contributed by atoms with E-state index in [1.165, 1.54) is 6.07 Å². The third kappa shape index (κ3) is 3.45. The molecule has 1 saturated heterocycles. The molecule has 0 aromatic carbocycles. The lowest BCUT2D eigenvalue weighted by Crippen LogP contribution is -2.40. The highest BCUT2D eigenvalue weighted by Gasteiger charge is 2.24. The highest BCUT2D eigenvalue weighted by atomic mass is 16.3. The van der Waals surface area contributed by atoms with Gasteiger partial charge in [-0.25, -0.2) is 0 Å². The van der Waals surface area contributed by atoms with Gasteiger partial charge in [-0.2, -0.15) is 0 Å². The summed E-state index contributed by atoms with van der Waals surface area (Å²) in [5.74, 6) is -0.247. The largest absolute Gasteiger partial charge is 0.503 e. The van der Waals surface area contributed by atoms with Gasteiger partial charge in [0.25, 0.3) is 0 Å². The third-order valence-corrected chi connectivity index (χ3v) is 4.37. The molecule has 1 aromatic heterocycles. The van der Waals surface area contributed by atoms with Crippen LogP contribution in [-0.4, -0.2) is 44.0 Å². The Morgan fingerprint density at radius 1 is 1.33 bits per heavy atom. The lowest BCUT2D eigenvalue weighted by Gasteiger charge is -2.36. The van der Waals surface area contributed by atoms with Gasteiger partial charge in [0, 0.05) is 38.0 Å². The Kier molecular flexibility index (Phi) is 5.39. The number of rotatable bonds is 5. The van der Waals surface area contributed by atoms with Crippen LogP contribution in [0, 0.1) is 0 Å². The summed E-state index contributed by atoms with van der Waals surface area (Å²) in [6.45, 7) is 1.25. The molecule has 1 aliphatic rings. The smallest absolute Gasteiger partial charge is 0.223 e. The topological polar surface area (TPSA) is 85.9 Å². The lowest BCUT2D eigenvalue weighted by molar-refractivity contribution is 0.108. The normalized spacial score (nSPS) is 19.9. The average molecular weight is 296 g/mol. The summed E-state index contributed by atoms with van der Waals surface area (Å²) in [7, 11) is 1.74. The molecular weight excluding hydrogens is 272 g/mol. The molecule has 21 heavy (non-hydrogen) atoms. The van der Waals surface area contributed by atoms with Crippen molar-refractivity contribution in [3.8, 4) is 5.75 Å². The fourth-order valence-electron chi connectivity index (χ4n) is 3.06. The van der Waals surface area contributed by atoms with E-state index in [0.29, 0.717) is 24.4 Å². The molecule has 0 radical (unpaired) electrons. The lowest BCUT2D eigenvalue weighted by atomic mass is 9.99. The van der Waals surface area contributed by atoms with Gasteiger partial charge in [0.05, 0.1) is 12.3 Å². The van der Waals surface area contributed by atoms with Gasteiger partial charge in [-0.05, 0) is 25.8 Å². The molecule has 2 rings (SSSR count). The number of aromatic nitrogens is 1. The first kappa shape index (κ1) is 16.0. The van der Waals surface area contributed by atoms with Gasteiger partial charge in [0.2, 0.25) is 5.43 Å². The van der Waals surface area contributed by atoms with Crippen molar-refractivity contribution in [1.29, 1.82) is 0 Å². The van der Waals surface area contributed by atoms with Crippen LogP contribution < -0.4 is 5.43 Å². The molecule has 1 atom stereocenters. The molecule has 0 amide bonds. The number of hydrogen-bond acceptors (Lipinski definition) is 5. The second kappa shape index (κ2) is 7.06. The van der Waals surface area contributed by atoms with Crippen LogP contribution in [0.5, 0.6) is 5.75 Å². The number of aliphatic hydroxyl groups excluding tert-OH is 2. The van der Waals surface area contributed by atoms with E-state index in [9.17, 15) is 20.1 Å². The Morgan fingerprint density at radius 3 is 2.76 bits per heavy atom. The average Bonchev–Trinajstić information content (AvgIpc) is 2.49. The van der Waals surface area contributed by atoms with Crippen LogP contribution in [0.1, 0.15) is 37.1 Å². The Hall–Kier alpha value is -1.37. The van der Waals surface area contributed by atoms with E-state index in [1.54, 1.807) is 11.6 Å². The second-order valence-electron chi connectivity index (χ2n) is 5.64. The van der Waals surface area contributed by atoms with Crippen molar-refractivity contribution < 1.29 is 15.3 Å². The summed E-state index contributed by atoms with van der Waals surface area (Å²) in [5, 5.41) is 28.5. The van der Waals surface area contributed by atoms with Crippen LogP contribution in [-0.2, 0) is 20.2 Å². The Morgan fingerprint density at radius 2 is 2.10 bits per heavy atom. The maximum Gasteiger partial charge on any atom is 0.223 e. The zero-order valence-corrected chi connectivity index (χ0v) is 12.5. The quantitative estimate of drug-likeness (QED) is 0.728. The van der Waals surface area contributed by atoms with Crippen molar-refractivity contribution in [3.63, 3.8) is 0 Å². The maximum atomic E-state index is 11.8. The van der Waals surface area contributed by atoms with Crippen LogP contribution in [0.15, 0.2) is 10.9 Å². The monoisotopic (exact) mass is 296 g/mol. The molecule has 1 unspecified atom stereocenters. The molecule has 0 aliphatic carbocycles. The SMILES string of the molecule is Cn1c(CO)cc(=O)c(O)c1CN1CCCCC1CCO. The molecule has 1 aliphatic heterocycles. The van der Waals surface area contributed by atoms with Crippen LogP contribution in [0.3, 0.4) is 0 Å². The van der Waals surface area contributed by atoms with Crippen molar-refractivity contribution in [2.24, 2.45) is 7.05 Å². The van der Waals surface area contributed by atoms with Gasteiger partial charge in [-0.1, -0.05) is 6.42 Å². The van der Waals surface area contributed by atoms with Gasteiger partial charge in [-0.3, -0.25) is 9.69 Å². The highest BCUT2D eigenvalue weighted by molar-refractivity contribution is 5.29. The van der Waals surface area contributed by atoms with Crippen LogP contribution in [0.25, 0.3) is 0 Å². The van der Waals surface area contributed by atoms with E-state index in [0.717, 1.165) is 25.8 Å². The van der Waals surface area contributed by atoms with E-state index in [2.05, 4.69) is 4.90 Å². The van der Waals surface area contributed by atoms with Gasteiger partial charge in [0.1, 0.15) is 0 Å². The summed E-state index contributed by atoms with van der Waals surface area (Å²) in [6.07, 6.45) is 3.95. The summed E-state index contributed by atoms with van der Waals surface area (Å²) >= 11 is 0. The van der Waals surface area contributed by atoms with Gasteiger partial charge in [0.15, 0.2) is 5.75 Å². The Bertz CT molecular complexity index is 539. The fourth-order valence-corrected chi connectivity index (χ4v) is 3.06. The molecule has 118 valence electrons. The van der Waals surface area contributed by atoms with Crippen molar-refractivity contribution >= 4 is 0 Å². The Balaban J connectivity index is 2.29. The number of pyridine rings is 1. The summed E-state index contributed by atoms with van der Waals surface area (Å²) in [4.78, 5) is 14.0. The minimum Gasteiger partial charge on any atom is -0.503 e. The highest BCUT2D eigenvalue weighted by Crippen LogP contribution is 2.24. The standard InChI is InChI=1S/C15H24N2O4/c1-16-12(10-19)8-14(20)15(21)13(16)9-17-6-3-2-4-11(17)5-7-18/h8,11,18-19,21H,2-7,9-10H2,1H3. The van der Waals surface area contributed by atoms with Crippen molar-refractivity contribution in [2.45, 2.75) is 44.9 Å². The van der Waals surface area contributed by atoms with E-state index in [1.807, 2.05) is 0 Å². The van der Waals surface area contributed by atoms with E-state index < -0.39 is 5.43 Å². The van der Waals surface area contributed by atoms with Crippen LogP contribution in [0.2, 0.25) is 0 Å². The first-order valence-electron chi connectivity index (χ1n) is 7.45. The molecule has 6 heteroatoms. The molecule has 1 aromatic rings. The van der Waals surface area contributed by atoms with E-state index >= 15 is 0 Å². The number of hydrogen-bond donors (Lipinski definition) is 3. The van der Waals surface area contributed by atoms with Crippen LogP contribution in [0.4, 0.5) is 0 Å². The molecule has 0 spiro atoms. The molecule has 6 nitrogen and oxygen atoms in total. The summed E-state index contributed by atoms with van der Waals surface area (Å²) in [5.41, 5.74) is 0.558. The molecule has 1 fully saturated rings. The number of aromatic hydroxyl groups is 1. The zero-order chi connectivity index (χ0) is 15.4. The predicted molar refractivity (Wildman–Crippen MR) is 79.0 cm³/mol. The summed E-state index contributed by atoms with van der Waals surface area (Å²) < 4.78 is 1.68. The van der Waals surface area contributed by atoms with Crippen molar-refractivity contribution in [3.05, 3.63) is 27.7 Å².